The average molecular weight is 280 g/mol. The number of hydrogen-bond donors (Lipinski definition) is 5. The largest absolute Gasteiger partial charge is 0.505 e. The SMILES string of the molecule is C[N+](C)(C)CCO.O=C1O[C@H](C(O)CO)C(O)=C1O. The molecule has 1 rings (SSSR count). The van der Waals surface area contributed by atoms with Gasteiger partial charge in [-0.05, 0) is 0 Å². The van der Waals surface area contributed by atoms with E-state index in [1.54, 1.807) is 0 Å². The van der Waals surface area contributed by atoms with Crippen LogP contribution in [0.5, 0.6) is 0 Å². The predicted molar refractivity (Wildman–Crippen MR) is 65.2 cm³/mol. The van der Waals surface area contributed by atoms with Crippen molar-refractivity contribution in [3.8, 4) is 0 Å². The Kier molecular flexibility index (Phi) is 6.77. The van der Waals surface area contributed by atoms with Gasteiger partial charge in [-0.3, -0.25) is 0 Å². The zero-order valence-corrected chi connectivity index (χ0v) is 11.3. The maximum atomic E-state index is 10.5. The number of rotatable bonds is 4. The van der Waals surface area contributed by atoms with Gasteiger partial charge in [-0.1, -0.05) is 0 Å². The number of cyclic esters (lactones) is 1. The summed E-state index contributed by atoms with van der Waals surface area (Å²) < 4.78 is 5.16. The molecule has 0 aromatic heterocycles. The molecule has 8 nitrogen and oxygen atoms in total. The first-order valence-corrected chi connectivity index (χ1v) is 5.67. The van der Waals surface area contributed by atoms with Crippen molar-refractivity contribution in [3.63, 3.8) is 0 Å². The fraction of sp³-hybridized carbons (Fsp3) is 0.727. The topological polar surface area (TPSA) is 127 Å². The monoisotopic (exact) mass is 280 g/mol. The van der Waals surface area contributed by atoms with E-state index in [-0.39, 0.29) is 6.61 Å². The molecule has 1 unspecified atom stereocenters. The summed E-state index contributed by atoms with van der Waals surface area (Å²) in [5, 5.41) is 43.4. The van der Waals surface area contributed by atoms with E-state index in [1.807, 2.05) is 0 Å². The van der Waals surface area contributed by atoms with E-state index in [1.165, 1.54) is 0 Å². The lowest BCUT2D eigenvalue weighted by molar-refractivity contribution is -0.870. The highest BCUT2D eigenvalue weighted by molar-refractivity contribution is 5.89. The van der Waals surface area contributed by atoms with Gasteiger partial charge in [0.2, 0.25) is 5.76 Å². The molecule has 0 radical (unpaired) electrons. The first kappa shape index (κ1) is 17.6. The van der Waals surface area contributed by atoms with E-state index in [2.05, 4.69) is 25.9 Å². The Balaban J connectivity index is 0.000000399. The second-order valence-electron chi connectivity index (χ2n) is 5.05. The van der Waals surface area contributed by atoms with Crippen LogP contribution in [0.4, 0.5) is 0 Å². The van der Waals surface area contributed by atoms with E-state index in [0.717, 1.165) is 11.0 Å². The first-order chi connectivity index (χ1) is 8.64. The van der Waals surface area contributed by atoms with Crippen LogP contribution in [0.15, 0.2) is 11.5 Å². The van der Waals surface area contributed by atoms with Crippen molar-refractivity contribution in [1.29, 1.82) is 0 Å². The van der Waals surface area contributed by atoms with E-state index in [9.17, 15) is 4.79 Å². The summed E-state index contributed by atoms with van der Waals surface area (Å²) in [5.41, 5.74) is 0. The predicted octanol–water partition coefficient (Wildman–Crippen LogP) is -1.72. The third-order valence-electron chi connectivity index (χ3n) is 2.25. The number of aliphatic hydroxyl groups is 5. The fourth-order valence-corrected chi connectivity index (χ4v) is 1.12. The Morgan fingerprint density at radius 3 is 2.00 bits per heavy atom. The number of likely N-dealkylation sites (N-methyl/N-ethyl adjacent to an activating group) is 1. The number of aliphatic hydroxyl groups excluding tert-OH is 5. The number of carbonyl (C=O) groups excluding carboxylic acids is 1. The molecule has 1 heterocycles. The van der Waals surface area contributed by atoms with Gasteiger partial charge in [-0.2, -0.15) is 0 Å². The van der Waals surface area contributed by atoms with Crippen LogP contribution >= 0.6 is 0 Å². The minimum absolute atomic E-state index is 0.281. The summed E-state index contributed by atoms with van der Waals surface area (Å²) in [6, 6.07) is 0. The summed E-state index contributed by atoms with van der Waals surface area (Å²) in [5.74, 6) is -2.78. The summed E-state index contributed by atoms with van der Waals surface area (Å²) in [4.78, 5) is 10.5. The molecule has 0 aromatic carbocycles. The number of quaternary nitrogens is 1. The molecule has 0 fully saturated rings. The van der Waals surface area contributed by atoms with E-state index in [0.29, 0.717) is 0 Å². The summed E-state index contributed by atoms with van der Waals surface area (Å²) in [6.45, 7) is 0.443. The van der Waals surface area contributed by atoms with Crippen LogP contribution in [0.25, 0.3) is 0 Å². The molecule has 2 atom stereocenters. The molecule has 0 bridgehead atoms. The molecule has 5 N–H and O–H groups in total. The molecule has 0 aliphatic carbocycles. The van der Waals surface area contributed by atoms with Crippen molar-refractivity contribution in [2.45, 2.75) is 12.2 Å². The van der Waals surface area contributed by atoms with Crippen LogP contribution in [0, 0.1) is 0 Å². The van der Waals surface area contributed by atoms with Gasteiger partial charge >= 0.3 is 5.97 Å². The van der Waals surface area contributed by atoms with Crippen molar-refractivity contribution in [2.75, 3.05) is 40.9 Å². The van der Waals surface area contributed by atoms with Crippen molar-refractivity contribution in [2.24, 2.45) is 0 Å². The third-order valence-corrected chi connectivity index (χ3v) is 2.25. The summed E-state index contributed by atoms with van der Waals surface area (Å²) in [7, 11) is 6.16. The van der Waals surface area contributed by atoms with Crippen molar-refractivity contribution in [1.82, 2.24) is 0 Å². The zero-order chi connectivity index (χ0) is 15.2. The van der Waals surface area contributed by atoms with Crippen molar-refractivity contribution < 1.29 is 39.5 Å². The molecule has 0 spiro atoms. The Hall–Kier alpha value is -1.35. The average Bonchev–Trinajstić information content (AvgIpc) is 2.55. The Morgan fingerprint density at radius 1 is 1.26 bits per heavy atom. The molecule has 8 heteroatoms. The molecule has 0 amide bonds. The minimum atomic E-state index is -1.42. The van der Waals surface area contributed by atoms with Crippen LogP contribution in [0.1, 0.15) is 0 Å². The molecule has 19 heavy (non-hydrogen) atoms. The molecule has 0 aromatic rings. The van der Waals surface area contributed by atoms with E-state index < -0.39 is 36.3 Å². The smallest absolute Gasteiger partial charge is 0.377 e. The van der Waals surface area contributed by atoms with Crippen molar-refractivity contribution >= 4 is 5.97 Å². The molecule has 0 saturated heterocycles. The van der Waals surface area contributed by atoms with E-state index in [4.69, 9.17) is 25.5 Å². The Bertz CT molecular complexity index is 334. The van der Waals surface area contributed by atoms with Crippen LogP contribution in [0.2, 0.25) is 0 Å². The standard InChI is InChI=1S/C6H8O6.C5H14NO/c7-1-2(8)5-3(9)4(10)6(11)12-5;1-6(2,3)4-5-7/h2,5,7-10H,1H2;7H,4-5H2,1-3H3/q;+1/t2?,5-;/m1./s1. The van der Waals surface area contributed by atoms with Gasteiger partial charge in [0, 0.05) is 0 Å². The summed E-state index contributed by atoms with van der Waals surface area (Å²) >= 11 is 0. The van der Waals surface area contributed by atoms with Gasteiger partial charge in [-0.15, -0.1) is 0 Å². The van der Waals surface area contributed by atoms with Gasteiger partial charge in [0.1, 0.15) is 12.6 Å². The quantitative estimate of drug-likeness (QED) is 0.306. The van der Waals surface area contributed by atoms with Gasteiger partial charge in [-0.25, -0.2) is 4.79 Å². The molecule has 1 aliphatic rings. The number of esters is 1. The lowest BCUT2D eigenvalue weighted by Crippen LogP contribution is -2.36. The van der Waals surface area contributed by atoms with Gasteiger partial charge < -0.3 is 34.8 Å². The molecule has 1 aliphatic heterocycles. The second-order valence-corrected chi connectivity index (χ2v) is 5.05. The molecule has 0 saturated carbocycles. The number of ether oxygens (including phenoxy) is 1. The van der Waals surface area contributed by atoms with Crippen molar-refractivity contribution in [3.05, 3.63) is 11.5 Å². The number of hydrogen-bond acceptors (Lipinski definition) is 7. The third kappa shape index (κ3) is 5.88. The fourth-order valence-electron chi connectivity index (χ4n) is 1.12. The van der Waals surface area contributed by atoms with Crippen LogP contribution in [-0.4, -0.2) is 89.1 Å². The van der Waals surface area contributed by atoms with Crippen LogP contribution in [0.3, 0.4) is 0 Å². The highest BCUT2D eigenvalue weighted by Crippen LogP contribution is 2.20. The highest BCUT2D eigenvalue weighted by atomic mass is 16.6. The Morgan fingerprint density at radius 2 is 1.79 bits per heavy atom. The van der Waals surface area contributed by atoms with Gasteiger partial charge in [0.25, 0.3) is 0 Å². The second kappa shape index (κ2) is 7.29. The van der Waals surface area contributed by atoms with Gasteiger partial charge in [0.05, 0.1) is 34.4 Å². The summed E-state index contributed by atoms with van der Waals surface area (Å²) in [6.07, 6.45) is -2.78. The van der Waals surface area contributed by atoms with Crippen LogP contribution < -0.4 is 0 Å². The van der Waals surface area contributed by atoms with Crippen LogP contribution in [-0.2, 0) is 9.53 Å². The minimum Gasteiger partial charge on any atom is -0.505 e. The first-order valence-electron chi connectivity index (χ1n) is 5.67. The lowest BCUT2D eigenvalue weighted by atomic mass is 10.2. The maximum Gasteiger partial charge on any atom is 0.377 e. The molecular formula is C11H22NO7+. The maximum absolute atomic E-state index is 10.5. The molecular weight excluding hydrogens is 258 g/mol. The van der Waals surface area contributed by atoms with Gasteiger partial charge in [0.15, 0.2) is 11.9 Å². The lowest BCUT2D eigenvalue weighted by Gasteiger charge is -2.21. The number of nitrogens with zero attached hydrogens (tertiary/aromatic N) is 1. The molecule has 112 valence electrons. The zero-order valence-electron chi connectivity index (χ0n) is 11.3. The normalized spacial score (nSPS) is 20.7. The van der Waals surface area contributed by atoms with E-state index >= 15 is 0 Å². The highest BCUT2D eigenvalue weighted by Gasteiger charge is 2.38. The Labute approximate surface area is 111 Å². The number of carbonyl (C=O) groups is 1.